The van der Waals surface area contributed by atoms with E-state index in [0.29, 0.717) is 25.0 Å². The van der Waals surface area contributed by atoms with Crippen molar-refractivity contribution >= 4 is 73.9 Å². The van der Waals surface area contributed by atoms with Crippen LogP contribution in [0.4, 0.5) is 145 Å². The number of rotatable bonds is 11. The quantitative estimate of drug-likeness (QED) is 0.0332. The van der Waals surface area contributed by atoms with Gasteiger partial charge >= 0.3 is 12.2 Å². The minimum Gasteiger partial charge on any atom is -0.277 e. The molecule has 0 fully saturated rings. The maximum Gasteiger partial charge on any atom is 0.514 e. The first-order valence-corrected chi connectivity index (χ1v) is 28.4. The summed E-state index contributed by atoms with van der Waals surface area (Å²) in [5.41, 5.74) is -2.95. The molecule has 0 aromatic heterocycles. The molecule has 0 bridgehead atoms. The Morgan fingerprint density at radius 3 is 0.821 bits per heavy atom. The first kappa shape index (κ1) is 72.3. The van der Waals surface area contributed by atoms with E-state index < -0.39 is 260 Å². The maximum absolute atomic E-state index is 17.3. The molecule has 0 atom stereocenters. The number of nitrogens with two attached hydrogens (primary N) is 1. The highest BCUT2D eigenvalue weighted by Gasteiger charge is 2.62. The third-order valence-corrected chi connectivity index (χ3v) is 20.7. The molecular formula is C60H25AlF33N. The standard InChI is InChI=1S/C12H2F8.4C10H2F5.C8H14F5N.Al/c13-4-2-1-3(6(14)7(4)15)5-8(16)10(18)12(20)11(19)9(5)17;4*11-5-2-1-4-3-6(12)9(14)10(15)7(4)8(5)13;1-2-3-4-5-6-14-8(12,13)7(9,10)11;/h1-2H;4*1-2H;14H,2-6H2,1H3;/q;;;;;;-1/p+1. The van der Waals surface area contributed by atoms with Crippen LogP contribution in [-0.4, -0.2) is 31.8 Å². The Kier molecular flexibility index (Phi) is 20.2. The van der Waals surface area contributed by atoms with Crippen LogP contribution in [0.2, 0.25) is 0 Å². The van der Waals surface area contributed by atoms with Crippen LogP contribution in [0.5, 0.6) is 0 Å². The van der Waals surface area contributed by atoms with Crippen LogP contribution < -0.4 is 23.0 Å². The van der Waals surface area contributed by atoms with E-state index in [1.807, 2.05) is 6.92 Å². The van der Waals surface area contributed by atoms with Crippen LogP contribution in [0.25, 0.3) is 54.2 Å². The fraction of sp³-hybridized carbons (Fsp3) is 0.133. The average Bonchev–Trinajstić information content (AvgIpc) is 0.671. The number of benzene rings is 10. The molecule has 0 heterocycles. The van der Waals surface area contributed by atoms with Gasteiger partial charge in [0.2, 0.25) is 5.82 Å². The molecule has 0 amide bonds. The summed E-state index contributed by atoms with van der Waals surface area (Å²) < 4.78 is 473. The van der Waals surface area contributed by atoms with E-state index in [4.69, 9.17) is 0 Å². The summed E-state index contributed by atoms with van der Waals surface area (Å²) in [6.45, 7) is 1.75. The monoisotopic (exact) mass is 1410 g/mol. The van der Waals surface area contributed by atoms with Crippen molar-refractivity contribution < 1.29 is 150 Å². The lowest BCUT2D eigenvalue weighted by molar-refractivity contribution is -0.810. The maximum atomic E-state index is 17.3. The van der Waals surface area contributed by atoms with Gasteiger partial charge in [-0.15, -0.1) is 8.78 Å². The number of fused-ring (bicyclic) bond motifs is 4. The van der Waals surface area contributed by atoms with Gasteiger partial charge in [0, 0.05) is 5.56 Å². The van der Waals surface area contributed by atoms with Crippen molar-refractivity contribution in [1.82, 2.24) is 0 Å². The second-order valence-electron chi connectivity index (χ2n) is 20.3. The molecular weight excluding hydrogens is 1390 g/mol. The summed E-state index contributed by atoms with van der Waals surface area (Å²) in [6.07, 6.45) is -2.57. The Balaban J connectivity index is 0.000000277. The number of alkyl halides is 5. The largest absolute Gasteiger partial charge is 0.514 e. The molecule has 35 heteroatoms. The van der Waals surface area contributed by atoms with Gasteiger partial charge in [-0.25, -0.2) is 123 Å². The van der Waals surface area contributed by atoms with Gasteiger partial charge in [-0.1, -0.05) is 65.6 Å². The Labute approximate surface area is 508 Å². The van der Waals surface area contributed by atoms with E-state index in [1.165, 1.54) is 0 Å². The number of hydrogen-bond donors (Lipinski definition) is 1. The van der Waals surface area contributed by atoms with Crippen molar-refractivity contribution in [2.75, 3.05) is 6.54 Å². The van der Waals surface area contributed by atoms with E-state index in [9.17, 15) is 74.6 Å². The average molecular weight is 1410 g/mol. The summed E-state index contributed by atoms with van der Waals surface area (Å²) >= 11 is -8.35. The second kappa shape index (κ2) is 26.6. The number of unbranched alkanes of at least 4 members (excludes halogenated alkanes) is 3. The van der Waals surface area contributed by atoms with Gasteiger partial charge in [-0.3, -0.25) is 5.32 Å². The van der Waals surface area contributed by atoms with Crippen molar-refractivity contribution in [3.63, 3.8) is 0 Å². The molecule has 0 unspecified atom stereocenters. The third-order valence-electron chi connectivity index (χ3n) is 15.0. The van der Waals surface area contributed by atoms with Gasteiger partial charge in [-0.05, 0) is 49.2 Å². The molecule has 95 heavy (non-hydrogen) atoms. The van der Waals surface area contributed by atoms with E-state index in [0.717, 1.165) is 12.8 Å². The van der Waals surface area contributed by atoms with Crippen LogP contribution >= 0.6 is 0 Å². The first-order valence-electron chi connectivity index (χ1n) is 26.1. The van der Waals surface area contributed by atoms with Crippen LogP contribution in [0, 0.1) is 163 Å². The zero-order valence-electron chi connectivity index (χ0n) is 45.9. The fourth-order valence-corrected chi connectivity index (χ4v) is 17.4. The summed E-state index contributed by atoms with van der Waals surface area (Å²) in [4.78, 5) is 0. The molecule has 1 nitrogen and oxygen atoms in total. The minimum absolute atomic E-state index is 0.00408. The van der Waals surface area contributed by atoms with E-state index in [-0.39, 0.29) is 60.4 Å². The Hall–Kier alpha value is -8.58. The predicted octanol–water partition coefficient (Wildman–Crippen LogP) is 17.2. The molecule has 10 aromatic carbocycles. The zero-order chi connectivity index (χ0) is 71.1. The predicted molar refractivity (Wildman–Crippen MR) is 273 cm³/mol. The number of quaternary nitrogens is 1. The van der Waals surface area contributed by atoms with Crippen molar-refractivity contribution in [3.8, 4) is 11.1 Å². The van der Waals surface area contributed by atoms with Crippen LogP contribution in [0.3, 0.4) is 0 Å². The molecule has 0 saturated carbocycles. The molecule has 0 aliphatic carbocycles. The van der Waals surface area contributed by atoms with Gasteiger partial charge in [0.25, 0.3) is 13.1 Å². The van der Waals surface area contributed by atoms with Gasteiger partial charge in [0.1, 0.15) is 23.3 Å². The van der Waals surface area contributed by atoms with E-state index >= 15 is 70.2 Å². The molecule has 0 aliphatic heterocycles. The number of hydrogen-bond acceptors (Lipinski definition) is 0. The Morgan fingerprint density at radius 2 is 0.537 bits per heavy atom. The summed E-state index contributed by atoms with van der Waals surface area (Å²) in [5, 5.41) is -15.8. The second-order valence-corrected chi connectivity index (χ2v) is 24.3. The Morgan fingerprint density at radius 1 is 0.274 bits per heavy atom. The third kappa shape index (κ3) is 11.7. The van der Waals surface area contributed by atoms with Crippen molar-refractivity contribution in [1.29, 1.82) is 0 Å². The number of halogens is 33. The summed E-state index contributed by atoms with van der Waals surface area (Å²) in [6, 6.07) is -4.29. The van der Waals surface area contributed by atoms with E-state index in [1.54, 1.807) is 0 Å². The van der Waals surface area contributed by atoms with Crippen molar-refractivity contribution in [2.45, 2.75) is 44.8 Å². The lowest BCUT2D eigenvalue weighted by Gasteiger charge is -2.44. The summed E-state index contributed by atoms with van der Waals surface area (Å²) in [7, 11) is 0. The van der Waals surface area contributed by atoms with Crippen molar-refractivity contribution in [2.24, 2.45) is 0 Å². The molecule has 0 radical (unpaired) electrons. The highest BCUT2D eigenvalue weighted by Crippen LogP contribution is 2.40. The molecule has 10 rings (SSSR count). The fourth-order valence-electron chi connectivity index (χ4n) is 10.8. The highest BCUT2D eigenvalue weighted by molar-refractivity contribution is 7.23. The van der Waals surface area contributed by atoms with Gasteiger partial charge in [0.05, 0.1) is 33.7 Å². The lowest BCUT2D eigenvalue weighted by Crippen LogP contribution is -2.97. The molecule has 0 aliphatic rings. The molecule has 2 N–H and O–H groups in total. The van der Waals surface area contributed by atoms with Crippen LogP contribution in [-0.2, 0) is 0 Å². The van der Waals surface area contributed by atoms with E-state index in [2.05, 4.69) is 0 Å². The molecule has 0 spiro atoms. The van der Waals surface area contributed by atoms with Gasteiger partial charge in [0.15, 0.2) is 134 Å². The van der Waals surface area contributed by atoms with Gasteiger partial charge < -0.3 is 0 Å². The normalized spacial score (nSPS) is 12.1. The minimum atomic E-state index is -8.35. The SMILES string of the molecule is CCCCCC[NH2+]C(F)(F)C(F)(F)F.Fc1ccc(-c2c(F)c(F)c(F)c(F)c2F)c(F)c1F.Fc1ccc2[c]([Al-]([c]3c(F)c(F)c(F)c4c(F)c(F)ccc34)([c]3c(F)c(F)c(F)c4c(F)c(F)ccc34)[c]3c(F)c(F)c(F)c4c(F)c(F)ccc34)c(F)c(F)c(F)c2c1F. The topological polar surface area (TPSA) is 16.6 Å². The highest BCUT2D eigenvalue weighted by atomic mass is 27.2. The smallest absolute Gasteiger partial charge is 0.277 e. The van der Waals surface area contributed by atoms with Crippen LogP contribution in [0.1, 0.15) is 32.6 Å². The molecule has 10 aromatic rings. The first-order chi connectivity index (χ1) is 44.2. The van der Waals surface area contributed by atoms with Crippen LogP contribution in [0.15, 0.2) is 60.7 Å². The molecule has 504 valence electrons. The van der Waals surface area contributed by atoms with Gasteiger partial charge in [-0.2, -0.15) is 30.9 Å². The molecule has 0 saturated heterocycles. The Bertz CT molecular complexity index is 4340. The lowest BCUT2D eigenvalue weighted by atomic mass is 10.0. The zero-order valence-corrected chi connectivity index (χ0v) is 47.1. The van der Waals surface area contributed by atoms with Crippen molar-refractivity contribution in [3.05, 3.63) is 224 Å². The summed E-state index contributed by atoms with van der Waals surface area (Å²) in [5.74, 6) is -71.9.